The molecule has 0 bridgehead atoms. The van der Waals surface area contributed by atoms with Gasteiger partial charge in [0.15, 0.2) is 17.3 Å². The number of rotatable bonds is 3. The highest BCUT2D eigenvalue weighted by atomic mass is 16.5. The molecule has 0 amide bonds. The van der Waals surface area contributed by atoms with Gasteiger partial charge in [-0.25, -0.2) is 5.84 Å². The fraction of sp³-hybridized carbons (Fsp3) is 0.222. The van der Waals surface area contributed by atoms with Crippen molar-refractivity contribution in [3.63, 3.8) is 0 Å². The van der Waals surface area contributed by atoms with E-state index in [1.807, 2.05) is 12.1 Å². The van der Waals surface area contributed by atoms with E-state index in [0.717, 1.165) is 10.9 Å². The van der Waals surface area contributed by atoms with Gasteiger partial charge in [-0.15, -0.1) is 0 Å². The van der Waals surface area contributed by atoms with Crippen LogP contribution in [-0.2, 0) is 0 Å². The van der Waals surface area contributed by atoms with Gasteiger partial charge in [-0.05, 0) is 6.07 Å². The van der Waals surface area contributed by atoms with Crippen LogP contribution in [0, 0.1) is 0 Å². The third kappa shape index (κ3) is 1.44. The average Bonchev–Trinajstić information content (AvgIpc) is 2.68. The van der Waals surface area contributed by atoms with E-state index in [-0.39, 0.29) is 0 Å². The molecule has 2 rings (SSSR count). The maximum absolute atomic E-state index is 5.32. The Hall–Kier alpha value is -1.95. The van der Waals surface area contributed by atoms with Crippen molar-refractivity contribution in [2.24, 2.45) is 5.84 Å². The number of nitrogens with two attached hydrogens (primary N) is 1. The molecule has 0 saturated heterocycles. The highest BCUT2D eigenvalue weighted by Crippen LogP contribution is 2.33. The maximum Gasteiger partial charge on any atom is 0.169 e. The number of hydrazine groups is 1. The molecule has 1 heterocycles. The first-order valence-electron chi connectivity index (χ1n) is 4.37. The molecule has 6 nitrogen and oxygen atoms in total. The Morgan fingerprint density at radius 2 is 1.93 bits per heavy atom. The van der Waals surface area contributed by atoms with E-state index in [0.29, 0.717) is 17.3 Å². The molecule has 4 N–H and O–H groups in total. The Morgan fingerprint density at radius 1 is 1.27 bits per heavy atom. The summed E-state index contributed by atoms with van der Waals surface area (Å²) in [5.74, 6) is 7.18. The van der Waals surface area contributed by atoms with Crippen LogP contribution in [0.3, 0.4) is 0 Å². The Bertz CT molecular complexity index is 480. The van der Waals surface area contributed by atoms with Gasteiger partial charge >= 0.3 is 0 Å². The van der Waals surface area contributed by atoms with E-state index >= 15 is 0 Å². The molecule has 1 aromatic carbocycles. The van der Waals surface area contributed by atoms with Crippen LogP contribution in [0.5, 0.6) is 11.5 Å². The molecule has 0 aliphatic carbocycles. The summed E-state index contributed by atoms with van der Waals surface area (Å²) in [5.41, 5.74) is 3.33. The minimum Gasteiger partial charge on any atom is -0.493 e. The zero-order valence-electron chi connectivity index (χ0n) is 8.50. The molecule has 80 valence electrons. The van der Waals surface area contributed by atoms with Crippen molar-refractivity contribution in [1.82, 2.24) is 10.2 Å². The molecule has 0 saturated carbocycles. The van der Waals surface area contributed by atoms with Gasteiger partial charge in [0.25, 0.3) is 0 Å². The van der Waals surface area contributed by atoms with E-state index < -0.39 is 0 Å². The van der Waals surface area contributed by atoms with Crippen LogP contribution < -0.4 is 20.7 Å². The summed E-state index contributed by atoms with van der Waals surface area (Å²) in [6, 6.07) is 3.62. The number of hydrogen-bond acceptors (Lipinski definition) is 5. The second-order valence-electron chi connectivity index (χ2n) is 2.97. The minimum absolute atomic E-state index is 0.575. The minimum atomic E-state index is 0.575. The summed E-state index contributed by atoms with van der Waals surface area (Å²) < 4.78 is 10.3. The summed E-state index contributed by atoms with van der Waals surface area (Å²) in [5, 5.41) is 7.69. The first-order valence-corrected chi connectivity index (χ1v) is 4.37. The van der Waals surface area contributed by atoms with E-state index in [2.05, 4.69) is 15.6 Å². The molecule has 0 spiro atoms. The molecule has 0 radical (unpaired) electrons. The van der Waals surface area contributed by atoms with Gasteiger partial charge in [0.1, 0.15) is 0 Å². The molecule has 1 aromatic heterocycles. The van der Waals surface area contributed by atoms with Gasteiger partial charge in [0.2, 0.25) is 0 Å². The number of methoxy groups -OCH3 is 2. The molecular formula is C9H12N4O2. The molecule has 0 aliphatic rings. The number of anilines is 1. The standard InChI is InChI=1S/C9H12N4O2/c1-14-7-3-5-6(4-8(7)15-2)12-13-9(5)11-10/h3-4H,10H2,1-2H3,(H2,11,12,13). The van der Waals surface area contributed by atoms with Crippen molar-refractivity contribution in [2.75, 3.05) is 19.6 Å². The Labute approximate surface area is 86.3 Å². The number of fused-ring (bicyclic) bond motifs is 1. The number of nitrogen functional groups attached to an aromatic ring is 1. The van der Waals surface area contributed by atoms with Crippen molar-refractivity contribution < 1.29 is 9.47 Å². The zero-order valence-corrected chi connectivity index (χ0v) is 8.50. The largest absolute Gasteiger partial charge is 0.493 e. The van der Waals surface area contributed by atoms with E-state index in [4.69, 9.17) is 15.3 Å². The summed E-state index contributed by atoms with van der Waals surface area (Å²) in [6.07, 6.45) is 0. The topological polar surface area (TPSA) is 85.2 Å². The van der Waals surface area contributed by atoms with Gasteiger partial charge in [-0.3, -0.25) is 5.10 Å². The first-order chi connectivity index (χ1) is 7.30. The van der Waals surface area contributed by atoms with Crippen LogP contribution in [-0.4, -0.2) is 24.4 Å². The van der Waals surface area contributed by atoms with Crippen LogP contribution in [0.25, 0.3) is 10.9 Å². The second kappa shape index (κ2) is 3.66. The number of nitrogens with zero attached hydrogens (tertiary/aromatic N) is 1. The summed E-state index contributed by atoms with van der Waals surface area (Å²) in [7, 11) is 3.17. The molecule has 0 atom stereocenters. The summed E-state index contributed by atoms with van der Waals surface area (Å²) in [6.45, 7) is 0. The second-order valence-corrected chi connectivity index (χ2v) is 2.97. The fourth-order valence-corrected chi connectivity index (χ4v) is 1.45. The fourth-order valence-electron chi connectivity index (χ4n) is 1.45. The number of hydrogen-bond donors (Lipinski definition) is 3. The first kappa shape index (κ1) is 9.60. The quantitative estimate of drug-likeness (QED) is 0.514. The van der Waals surface area contributed by atoms with Crippen LogP contribution in [0.4, 0.5) is 5.82 Å². The molecule has 15 heavy (non-hydrogen) atoms. The number of benzene rings is 1. The predicted octanol–water partition coefficient (Wildman–Crippen LogP) is 0.866. The maximum atomic E-state index is 5.32. The molecule has 0 aliphatic heterocycles. The molecule has 0 unspecified atom stereocenters. The predicted molar refractivity (Wildman–Crippen MR) is 57.0 cm³/mol. The molecular weight excluding hydrogens is 196 g/mol. The monoisotopic (exact) mass is 208 g/mol. The lowest BCUT2D eigenvalue weighted by molar-refractivity contribution is 0.356. The van der Waals surface area contributed by atoms with Crippen LogP contribution in [0.2, 0.25) is 0 Å². The summed E-state index contributed by atoms with van der Waals surface area (Å²) >= 11 is 0. The van der Waals surface area contributed by atoms with E-state index in [1.54, 1.807) is 14.2 Å². The van der Waals surface area contributed by atoms with Crippen molar-refractivity contribution in [3.05, 3.63) is 12.1 Å². The lowest BCUT2D eigenvalue weighted by atomic mass is 10.2. The molecule has 2 aromatic rings. The number of ether oxygens (including phenoxy) is 2. The average molecular weight is 208 g/mol. The van der Waals surface area contributed by atoms with Crippen molar-refractivity contribution >= 4 is 16.7 Å². The normalized spacial score (nSPS) is 10.3. The van der Waals surface area contributed by atoms with Gasteiger partial charge in [0.05, 0.1) is 19.7 Å². The van der Waals surface area contributed by atoms with Crippen LogP contribution in [0.15, 0.2) is 12.1 Å². The van der Waals surface area contributed by atoms with Crippen molar-refractivity contribution in [3.8, 4) is 11.5 Å². The SMILES string of the molecule is COc1cc2[nH]nc(NN)c2cc1OC. The number of aromatic nitrogens is 2. The van der Waals surface area contributed by atoms with Gasteiger partial charge < -0.3 is 14.9 Å². The Kier molecular flexibility index (Phi) is 2.34. The number of H-pyrrole nitrogens is 1. The molecule has 0 fully saturated rings. The number of nitrogens with one attached hydrogen (secondary N) is 2. The zero-order chi connectivity index (χ0) is 10.8. The van der Waals surface area contributed by atoms with Gasteiger partial charge in [-0.1, -0.05) is 0 Å². The van der Waals surface area contributed by atoms with Crippen molar-refractivity contribution in [1.29, 1.82) is 0 Å². The smallest absolute Gasteiger partial charge is 0.169 e. The third-order valence-corrected chi connectivity index (χ3v) is 2.20. The Morgan fingerprint density at radius 3 is 2.53 bits per heavy atom. The lowest BCUT2D eigenvalue weighted by Gasteiger charge is -2.07. The van der Waals surface area contributed by atoms with E-state index in [1.165, 1.54) is 0 Å². The summed E-state index contributed by atoms with van der Waals surface area (Å²) in [4.78, 5) is 0. The lowest BCUT2D eigenvalue weighted by Crippen LogP contribution is -2.07. The number of aromatic amines is 1. The van der Waals surface area contributed by atoms with Gasteiger partial charge in [0, 0.05) is 11.5 Å². The van der Waals surface area contributed by atoms with Crippen LogP contribution >= 0.6 is 0 Å². The molecule has 6 heteroatoms. The van der Waals surface area contributed by atoms with Crippen molar-refractivity contribution in [2.45, 2.75) is 0 Å². The highest BCUT2D eigenvalue weighted by Gasteiger charge is 2.10. The van der Waals surface area contributed by atoms with Crippen LogP contribution in [0.1, 0.15) is 0 Å². The highest BCUT2D eigenvalue weighted by molar-refractivity contribution is 5.92. The van der Waals surface area contributed by atoms with E-state index in [9.17, 15) is 0 Å². The van der Waals surface area contributed by atoms with Gasteiger partial charge in [-0.2, -0.15) is 5.10 Å². The Balaban J connectivity index is 2.66. The third-order valence-electron chi connectivity index (χ3n) is 2.20.